The first-order valence-electron chi connectivity index (χ1n) is 9.76. The fraction of sp³-hybridized carbons (Fsp3) is 0.333. The quantitative estimate of drug-likeness (QED) is 0.147. The van der Waals surface area contributed by atoms with E-state index in [4.69, 9.17) is 14.2 Å². The summed E-state index contributed by atoms with van der Waals surface area (Å²) in [7, 11) is 0. The van der Waals surface area contributed by atoms with E-state index in [0.29, 0.717) is 0 Å². The average molecular weight is 482 g/mol. The number of phenolic OH excluding ortho intramolecular Hbond substituents is 5. The van der Waals surface area contributed by atoms with Crippen LogP contribution in [0.15, 0.2) is 24.3 Å². The van der Waals surface area contributed by atoms with Crippen molar-refractivity contribution < 1.29 is 64.7 Å². The summed E-state index contributed by atoms with van der Waals surface area (Å²) in [6.07, 6.45) is -8.65. The number of ether oxygens (including phenoxy) is 3. The van der Waals surface area contributed by atoms with Gasteiger partial charge in [0, 0.05) is 12.1 Å². The van der Waals surface area contributed by atoms with Gasteiger partial charge in [-0.2, -0.15) is 0 Å². The molecule has 5 atom stereocenters. The zero-order valence-electron chi connectivity index (χ0n) is 17.5. The number of aromatic hydroxyl groups is 5. The Hall–Kier alpha value is -3.78. The number of rotatable bonds is 6. The zero-order chi connectivity index (χ0) is 25.3. The molecule has 1 aliphatic rings. The van der Waals surface area contributed by atoms with Crippen molar-refractivity contribution in [1.29, 1.82) is 0 Å². The number of benzene rings is 2. The van der Waals surface area contributed by atoms with Gasteiger partial charge in [0.1, 0.15) is 53.8 Å². The summed E-state index contributed by atoms with van der Waals surface area (Å²) < 4.78 is 15.7. The van der Waals surface area contributed by atoms with Crippen molar-refractivity contribution in [3.05, 3.63) is 35.4 Å². The number of ketones is 1. The Bertz CT molecular complexity index is 1080. The molecular weight excluding hydrogens is 460 g/mol. The van der Waals surface area contributed by atoms with E-state index >= 15 is 0 Å². The van der Waals surface area contributed by atoms with E-state index in [-0.39, 0.29) is 16.9 Å². The molecule has 13 heteroatoms. The summed E-state index contributed by atoms with van der Waals surface area (Å²) in [4.78, 5) is 24.1. The normalized spacial score (nSPS) is 24.4. The maximum atomic E-state index is 12.2. The van der Waals surface area contributed by atoms with Gasteiger partial charge in [0.05, 0.1) is 5.56 Å². The summed E-state index contributed by atoms with van der Waals surface area (Å²) in [5.74, 6) is -5.65. The Morgan fingerprint density at radius 2 is 1.50 bits per heavy atom. The third kappa shape index (κ3) is 4.92. The van der Waals surface area contributed by atoms with Gasteiger partial charge < -0.3 is 55.1 Å². The number of Topliss-reactive ketones (excluding diaryl/α,β-unsaturated/α-hetero) is 1. The largest absolute Gasteiger partial charge is 0.508 e. The Labute approximate surface area is 191 Å². The maximum Gasteiger partial charge on any atom is 0.338 e. The number of aliphatic hydroxyl groups is 3. The lowest BCUT2D eigenvalue weighted by molar-refractivity contribution is -0.277. The van der Waals surface area contributed by atoms with Crippen LogP contribution in [-0.2, 0) is 9.47 Å². The number of phenols is 5. The van der Waals surface area contributed by atoms with Gasteiger partial charge in [-0.05, 0) is 19.1 Å². The lowest BCUT2D eigenvalue weighted by atomic mass is 9.99. The minimum absolute atomic E-state index is 0.343. The molecule has 0 amide bonds. The molecular formula is C21H22O13. The van der Waals surface area contributed by atoms with Crippen LogP contribution in [0.4, 0.5) is 0 Å². The summed E-state index contributed by atoms with van der Waals surface area (Å²) >= 11 is 0. The predicted octanol–water partition coefficient (Wildman–Crippen LogP) is -0.539. The number of aliphatic hydroxyl groups excluding tert-OH is 3. The van der Waals surface area contributed by atoms with Crippen molar-refractivity contribution in [3.8, 4) is 34.5 Å². The molecule has 1 fully saturated rings. The highest BCUT2D eigenvalue weighted by Gasteiger charge is 2.46. The molecule has 1 aliphatic heterocycles. The lowest BCUT2D eigenvalue weighted by Crippen LogP contribution is -2.60. The molecule has 0 radical (unpaired) electrons. The first-order chi connectivity index (χ1) is 15.9. The first kappa shape index (κ1) is 24.9. The molecule has 0 aromatic heterocycles. The first-order valence-corrected chi connectivity index (χ1v) is 9.76. The topological polar surface area (TPSA) is 224 Å². The molecule has 34 heavy (non-hydrogen) atoms. The van der Waals surface area contributed by atoms with Crippen molar-refractivity contribution in [2.75, 3.05) is 6.61 Å². The summed E-state index contributed by atoms with van der Waals surface area (Å²) in [6.45, 7) is 0.410. The molecule has 3 rings (SSSR count). The van der Waals surface area contributed by atoms with Gasteiger partial charge in [0.2, 0.25) is 6.29 Å². The van der Waals surface area contributed by atoms with Gasteiger partial charge in [-0.1, -0.05) is 0 Å². The molecule has 0 unspecified atom stereocenters. The Balaban J connectivity index is 1.77. The Morgan fingerprint density at radius 3 is 2.09 bits per heavy atom. The van der Waals surface area contributed by atoms with Crippen molar-refractivity contribution >= 4 is 11.8 Å². The molecule has 1 heterocycles. The predicted molar refractivity (Wildman–Crippen MR) is 109 cm³/mol. The van der Waals surface area contributed by atoms with Crippen molar-refractivity contribution in [2.24, 2.45) is 0 Å². The van der Waals surface area contributed by atoms with E-state index in [2.05, 4.69) is 0 Å². The van der Waals surface area contributed by atoms with E-state index in [9.17, 15) is 50.4 Å². The highest BCUT2D eigenvalue weighted by molar-refractivity contribution is 5.99. The average Bonchev–Trinajstić information content (AvgIpc) is 2.75. The van der Waals surface area contributed by atoms with E-state index < -0.39 is 77.8 Å². The van der Waals surface area contributed by atoms with Gasteiger partial charge in [-0.25, -0.2) is 4.79 Å². The third-order valence-corrected chi connectivity index (χ3v) is 5.01. The standard InChI is InChI=1S/C21H22O13/c1-7(22)15-10(24)4-9(23)5-13(15)33-21-19(30)18(29)17(28)14(34-21)6-32-20(31)8-2-11(25)16(27)12(26)3-8/h2-5,14,17-19,21,23-30H,6H2,1H3/t14-,17-,18+,19-,21-/m1/s1. The summed E-state index contributed by atoms with van der Waals surface area (Å²) in [5.41, 5.74) is -0.697. The molecule has 2 aromatic rings. The number of hydrogen-bond donors (Lipinski definition) is 8. The summed E-state index contributed by atoms with van der Waals surface area (Å²) in [5, 5.41) is 78.6. The van der Waals surface area contributed by atoms with Crippen LogP contribution in [0.25, 0.3) is 0 Å². The van der Waals surface area contributed by atoms with Crippen LogP contribution in [-0.4, -0.2) is 89.9 Å². The van der Waals surface area contributed by atoms with Crippen LogP contribution in [0.2, 0.25) is 0 Å². The number of esters is 1. The molecule has 184 valence electrons. The number of carbonyl (C=O) groups excluding carboxylic acids is 2. The molecule has 2 aromatic carbocycles. The van der Waals surface area contributed by atoms with Crippen LogP contribution >= 0.6 is 0 Å². The number of carbonyl (C=O) groups is 2. The van der Waals surface area contributed by atoms with Crippen LogP contribution in [0.1, 0.15) is 27.6 Å². The third-order valence-electron chi connectivity index (χ3n) is 5.01. The lowest BCUT2D eigenvalue weighted by Gasteiger charge is -2.40. The smallest absolute Gasteiger partial charge is 0.338 e. The molecule has 8 N–H and O–H groups in total. The Kier molecular flexibility index (Phi) is 7.02. The highest BCUT2D eigenvalue weighted by atomic mass is 16.7. The van der Waals surface area contributed by atoms with Gasteiger partial charge in [-0.15, -0.1) is 0 Å². The minimum Gasteiger partial charge on any atom is -0.508 e. The van der Waals surface area contributed by atoms with Gasteiger partial charge in [0.15, 0.2) is 23.0 Å². The van der Waals surface area contributed by atoms with E-state index in [1.807, 2.05) is 0 Å². The molecule has 0 aliphatic carbocycles. The number of hydrogen-bond acceptors (Lipinski definition) is 13. The molecule has 1 saturated heterocycles. The fourth-order valence-corrected chi connectivity index (χ4v) is 3.27. The second-order valence-corrected chi connectivity index (χ2v) is 7.49. The van der Waals surface area contributed by atoms with Gasteiger partial charge >= 0.3 is 5.97 Å². The second kappa shape index (κ2) is 9.61. The van der Waals surface area contributed by atoms with E-state index in [0.717, 1.165) is 31.2 Å². The van der Waals surface area contributed by atoms with Crippen LogP contribution in [0.3, 0.4) is 0 Å². The minimum atomic E-state index is -1.85. The van der Waals surface area contributed by atoms with E-state index in [1.54, 1.807) is 0 Å². The van der Waals surface area contributed by atoms with Crippen LogP contribution in [0.5, 0.6) is 34.5 Å². The zero-order valence-corrected chi connectivity index (χ0v) is 17.5. The van der Waals surface area contributed by atoms with Crippen LogP contribution in [0, 0.1) is 0 Å². The summed E-state index contributed by atoms with van der Waals surface area (Å²) in [6, 6.07) is 3.49. The second-order valence-electron chi connectivity index (χ2n) is 7.49. The molecule has 13 nitrogen and oxygen atoms in total. The van der Waals surface area contributed by atoms with Crippen molar-refractivity contribution in [1.82, 2.24) is 0 Å². The fourth-order valence-electron chi connectivity index (χ4n) is 3.27. The highest BCUT2D eigenvalue weighted by Crippen LogP contribution is 2.37. The monoisotopic (exact) mass is 482 g/mol. The Morgan fingerprint density at radius 1 is 0.882 bits per heavy atom. The SMILES string of the molecule is CC(=O)c1c(O)cc(O)cc1O[C@@H]1O[C@H](COC(=O)c2cc(O)c(O)c(O)c2)[C@@H](O)[C@H](O)[C@H]1O. The van der Waals surface area contributed by atoms with Crippen molar-refractivity contribution in [2.45, 2.75) is 37.6 Å². The molecule has 0 spiro atoms. The van der Waals surface area contributed by atoms with E-state index in [1.165, 1.54) is 0 Å². The van der Waals surface area contributed by atoms with Crippen LogP contribution < -0.4 is 4.74 Å². The van der Waals surface area contributed by atoms with Gasteiger partial charge in [-0.3, -0.25) is 4.79 Å². The molecule has 0 bridgehead atoms. The van der Waals surface area contributed by atoms with Gasteiger partial charge in [0.25, 0.3) is 0 Å². The maximum absolute atomic E-state index is 12.2. The van der Waals surface area contributed by atoms with Crippen molar-refractivity contribution in [3.63, 3.8) is 0 Å². The molecule has 0 saturated carbocycles.